The smallest absolute Gasteiger partial charge is 0.143 e. The quantitative estimate of drug-likeness (QED) is 0.167. The Kier molecular flexibility index (Phi) is 7.03. The Hall–Kier alpha value is -6.90. The predicted octanol–water partition coefficient (Wildman–Crippen LogP) is 14.8. The van der Waals surface area contributed by atoms with Gasteiger partial charge in [0.05, 0.1) is 5.69 Å². The van der Waals surface area contributed by atoms with Crippen molar-refractivity contribution in [2.45, 2.75) is 12.8 Å². The first-order valence-corrected chi connectivity index (χ1v) is 18.8. The molecule has 11 rings (SSSR count). The minimum Gasteiger partial charge on any atom is -0.455 e. The summed E-state index contributed by atoms with van der Waals surface area (Å²) in [4.78, 5) is 2.41. The highest BCUT2D eigenvalue weighted by atomic mass is 16.3. The summed E-state index contributed by atoms with van der Waals surface area (Å²) in [5.74, 6) is 0. The van der Waals surface area contributed by atoms with Crippen LogP contribution >= 0.6 is 0 Å². The maximum absolute atomic E-state index is 6.77. The van der Waals surface area contributed by atoms with Gasteiger partial charge in [-0.1, -0.05) is 140 Å². The van der Waals surface area contributed by atoms with E-state index in [1.165, 1.54) is 54.6 Å². The van der Waals surface area contributed by atoms with Gasteiger partial charge in [0.2, 0.25) is 0 Å². The Morgan fingerprint density at radius 1 is 0.444 bits per heavy atom. The number of hydrogen-bond donors (Lipinski definition) is 0. The van der Waals surface area contributed by atoms with E-state index >= 15 is 0 Å². The maximum Gasteiger partial charge on any atom is 0.143 e. The van der Waals surface area contributed by atoms with Gasteiger partial charge in [0, 0.05) is 33.3 Å². The number of allylic oxidation sites excluding steroid dienone is 1. The molecule has 0 unspecified atom stereocenters. The standard InChI is InChI=1S/C52H35NO/c1-2-13-36-30-41(29-24-34(36)12-1)53(40-27-25-35(26-28-40)48-32-39-16-5-6-17-42(39)43-18-7-8-19-44(43)48)50-23-10-9-20-45(50)46-21-11-22-47-49-31-37-14-3-4-15-38(37)33-51(49)54-52(46)47/h2-11,13-33H,1,12H2. The largest absolute Gasteiger partial charge is 0.455 e. The highest BCUT2D eigenvalue weighted by Crippen LogP contribution is 2.46. The third-order valence-electron chi connectivity index (χ3n) is 11.3. The van der Waals surface area contributed by atoms with E-state index in [1.807, 2.05) is 0 Å². The Bertz CT molecular complexity index is 3110. The molecule has 1 aromatic heterocycles. The van der Waals surface area contributed by atoms with Crippen LogP contribution in [-0.4, -0.2) is 0 Å². The zero-order chi connectivity index (χ0) is 35.6. The van der Waals surface area contributed by atoms with E-state index in [0.717, 1.165) is 63.0 Å². The Balaban J connectivity index is 1.10. The van der Waals surface area contributed by atoms with Gasteiger partial charge in [0.1, 0.15) is 11.2 Å². The molecule has 10 aromatic rings. The van der Waals surface area contributed by atoms with E-state index in [4.69, 9.17) is 4.42 Å². The fourth-order valence-electron chi connectivity index (χ4n) is 8.66. The number of rotatable bonds is 5. The zero-order valence-electron chi connectivity index (χ0n) is 29.7. The Morgan fingerprint density at radius 3 is 2.00 bits per heavy atom. The van der Waals surface area contributed by atoms with Crippen molar-refractivity contribution in [2.24, 2.45) is 0 Å². The highest BCUT2D eigenvalue weighted by Gasteiger charge is 2.22. The van der Waals surface area contributed by atoms with Gasteiger partial charge in [0.15, 0.2) is 0 Å². The van der Waals surface area contributed by atoms with Crippen molar-refractivity contribution in [1.82, 2.24) is 0 Å². The predicted molar refractivity (Wildman–Crippen MR) is 229 cm³/mol. The molecular formula is C52H35NO. The SMILES string of the molecule is C1=Cc2cc(N(c3ccc(-c4cc5ccccc5c5ccccc45)cc3)c3ccccc3-c3cccc4c3oc3cc5ccccc5cc34)ccc2CC1. The lowest BCUT2D eigenvalue weighted by Gasteiger charge is -2.29. The number of hydrogen-bond acceptors (Lipinski definition) is 2. The lowest BCUT2D eigenvalue weighted by atomic mass is 9.93. The van der Waals surface area contributed by atoms with E-state index in [9.17, 15) is 0 Å². The lowest BCUT2D eigenvalue weighted by Crippen LogP contribution is -2.12. The normalized spacial score (nSPS) is 12.6. The number of furan rings is 1. The first kappa shape index (κ1) is 30.7. The van der Waals surface area contributed by atoms with E-state index in [0.29, 0.717) is 0 Å². The van der Waals surface area contributed by atoms with Crippen LogP contribution in [0.5, 0.6) is 0 Å². The van der Waals surface area contributed by atoms with Crippen molar-refractivity contribution in [3.8, 4) is 22.3 Å². The lowest BCUT2D eigenvalue weighted by molar-refractivity contribution is 0.670. The fourth-order valence-corrected chi connectivity index (χ4v) is 8.66. The van der Waals surface area contributed by atoms with Crippen molar-refractivity contribution in [3.63, 3.8) is 0 Å². The molecule has 9 aromatic carbocycles. The van der Waals surface area contributed by atoms with Gasteiger partial charge in [-0.15, -0.1) is 0 Å². The van der Waals surface area contributed by atoms with Crippen molar-refractivity contribution in [2.75, 3.05) is 4.90 Å². The van der Waals surface area contributed by atoms with E-state index in [-0.39, 0.29) is 0 Å². The summed E-state index contributed by atoms with van der Waals surface area (Å²) in [7, 11) is 0. The second kappa shape index (κ2) is 12.4. The van der Waals surface area contributed by atoms with Gasteiger partial charge < -0.3 is 9.32 Å². The van der Waals surface area contributed by atoms with Crippen LogP contribution in [-0.2, 0) is 6.42 Å². The highest BCUT2D eigenvalue weighted by molar-refractivity contribution is 6.15. The molecule has 0 saturated carbocycles. The molecule has 0 amide bonds. The molecular weight excluding hydrogens is 655 g/mol. The Labute approximate surface area is 313 Å². The third kappa shape index (κ3) is 4.95. The molecule has 0 spiro atoms. The summed E-state index contributed by atoms with van der Waals surface area (Å²) in [6.07, 6.45) is 6.72. The van der Waals surface area contributed by atoms with Gasteiger partial charge in [-0.3, -0.25) is 0 Å². The van der Waals surface area contributed by atoms with Gasteiger partial charge >= 0.3 is 0 Å². The summed E-state index contributed by atoms with van der Waals surface area (Å²) < 4.78 is 6.77. The molecule has 0 radical (unpaired) electrons. The van der Waals surface area contributed by atoms with Crippen LogP contribution in [0.1, 0.15) is 17.5 Å². The number of nitrogens with zero attached hydrogens (tertiary/aromatic N) is 1. The summed E-state index contributed by atoms with van der Waals surface area (Å²) >= 11 is 0. The molecule has 254 valence electrons. The minimum absolute atomic E-state index is 0.905. The van der Waals surface area contributed by atoms with Gasteiger partial charge in [-0.05, 0) is 116 Å². The van der Waals surface area contributed by atoms with Crippen LogP contribution in [0.4, 0.5) is 17.1 Å². The van der Waals surface area contributed by atoms with Gasteiger partial charge in [0.25, 0.3) is 0 Å². The molecule has 0 aliphatic heterocycles. The second-order valence-electron chi connectivity index (χ2n) is 14.4. The first-order chi connectivity index (χ1) is 26.8. The van der Waals surface area contributed by atoms with Gasteiger partial charge in [-0.2, -0.15) is 0 Å². The molecule has 1 aliphatic rings. The van der Waals surface area contributed by atoms with E-state index in [1.54, 1.807) is 0 Å². The van der Waals surface area contributed by atoms with Crippen LogP contribution in [0.3, 0.4) is 0 Å². The van der Waals surface area contributed by atoms with E-state index in [2.05, 4.69) is 193 Å². The molecule has 2 heteroatoms. The molecule has 0 saturated heterocycles. The molecule has 1 aliphatic carbocycles. The maximum atomic E-state index is 6.77. The number of para-hydroxylation sites is 2. The van der Waals surface area contributed by atoms with E-state index < -0.39 is 0 Å². The molecule has 2 nitrogen and oxygen atoms in total. The Morgan fingerprint density at radius 2 is 1.13 bits per heavy atom. The van der Waals surface area contributed by atoms with Crippen molar-refractivity contribution >= 4 is 77.4 Å². The monoisotopic (exact) mass is 689 g/mol. The average molecular weight is 690 g/mol. The first-order valence-electron chi connectivity index (χ1n) is 18.8. The van der Waals surface area contributed by atoms with Crippen LogP contribution < -0.4 is 4.90 Å². The van der Waals surface area contributed by atoms with Crippen molar-refractivity contribution in [1.29, 1.82) is 0 Å². The van der Waals surface area contributed by atoms with Crippen molar-refractivity contribution in [3.05, 3.63) is 193 Å². The number of anilines is 3. The molecule has 0 N–H and O–H groups in total. The van der Waals surface area contributed by atoms with Crippen LogP contribution in [0.15, 0.2) is 186 Å². The second-order valence-corrected chi connectivity index (χ2v) is 14.4. The van der Waals surface area contributed by atoms with Crippen LogP contribution in [0.25, 0.3) is 82.6 Å². The number of benzene rings is 9. The van der Waals surface area contributed by atoms with Crippen molar-refractivity contribution < 1.29 is 4.42 Å². The minimum atomic E-state index is 0.905. The van der Waals surface area contributed by atoms with Gasteiger partial charge in [-0.25, -0.2) is 0 Å². The zero-order valence-corrected chi connectivity index (χ0v) is 29.7. The molecule has 54 heavy (non-hydrogen) atoms. The van der Waals surface area contributed by atoms with Crippen LogP contribution in [0, 0.1) is 0 Å². The summed E-state index contributed by atoms with van der Waals surface area (Å²) in [6, 6.07) is 64.1. The summed E-state index contributed by atoms with van der Waals surface area (Å²) in [5.41, 5.74) is 12.4. The number of fused-ring (bicyclic) bond motifs is 8. The topological polar surface area (TPSA) is 16.4 Å². The molecule has 0 atom stereocenters. The molecule has 1 heterocycles. The number of aryl methyl sites for hydroxylation is 1. The molecule has 0 bridgehead atoms. The average Bonchev–Trinajstić information content (AvgIpc) is 3.60. The summed E-state index contributed by atoms with van der Waals surface area (Å²) in [5, 5.41) is 9.73. The third-order valence-corrected chi connectivity index (χ3v) is 11.3. The summed E-state index contributed by atoms with van der Waals surface area (Å²) in [6.45, 7) is 0. The molecule has 0 fully saturated rings. The van der Waals surface area contributed by atoms with Crippen LogP contribution in [0.2, 0.25) is 0 Å². The fraction of sp³-hybridized carbons (Fsp3) is 0.0385.